The lowest BCUT2D eigenvalue weighted by atomic mass is 10.1. The lowest BCUT2D eigenvalue weighted by Crippen LogP contribution is -2.32. The molecule has 0 radical (unpaired) electrons. The summed E-state index contributed by atoms with van der Waals surface area (Å²) in [4.78, 5) is 11.6. The third kappa shape index (κ3) is 5.20. The maximum Gasteiger partial charge on any atom is 0.319 e. The first-order chi connectivity index (χ1) is 9.54. The molecule has 0 atom stereocenters. The molecule has 2 N–H and O–H groups in total. The van der Waals surface area contributed by atoms with Gasteiger partial charge >= 0.3 is 6.03 Å². The minimum atomic E-state index is -2.51. The first-order valence-electron chi connectivity index (χ1n) is 5.95. The standard InChI is InChI=1S/C13H15F2N3O2/c1-9-10(7-16)3-2-4-11(9)18-13(19)17-5-6-20-8-12(14)15/h2-4,12H,5-6,8H2,1H3,(H2,17,18,19). The monoisotopic (exact) mass is 283 g/mol. The third-order valence-corrected chi connectivity index (χ3v) is 2.48. The largest absolute Gasteiger partial charge is 0.374 e. The zero-order chi connectivity index (χ0) is 15.0. The molecule has 0 unspecified atom stereocenters. The molecule has 0 saturated carbocycles. The number of carbonyl (C=O) groups excluding carboxylic acids is 1. The van der Waals surface area contributed by atoms with Crippen LogP contribution in [0.2, 0.25) is 0 Å². The number of carbonyl (C=O) groups is 1. The van der Waals surface area contributed by atoms with Gasteiger partial charge in [0, 0.05) is 12.2 Å². The van der Waals surface area contributed by atoms with E-state index in [-0.39, 0.29) is 13.2 Å². The van der Waals surface area contributed by atoms with Crippen LogP contribution in [0.15, 0.2) is 18.2 Å². The SMILES string of the molecule is Cc1c(C#N)cccc1NC(=O)NCCOCC(F)F. The number of nitrogens with one attached hydrogen (secondary N) is 2. The first-order valence-corrected chi connectivity index (χ1v) is 5.95. The van der Waals surface area contributed by atoms with Crippen molar-refractivity contribution in [1.29, 1.82) is 5.26 Å². The number of ether oxygens (including phenoxy) is 1. The molecule has 1 aromatic rings. The fourth-order valence-corrected chi connectivity index (χ4v) is 1.47. The van der Waals surface area contributed by atoms with Crippen LogP contribution in [0.4, 0.5) is 19.3 Å². The number of urea groups is 1. The van der Waals surface area contributed by atoms with Crippen LogP contribution in [0.1, 0.15) is 11.1 Å². The number of hydrogen-bond acceptors (Lipinski definition) is 3. The van der Waals surface area contributed by atoms with Crippen LogP contribution in [0.3, 0.4) is 0 Å². The number of rotatable bonds is 6. The summed E-state index contributed by atoms with van der Waals surface area (Å²) >= 11 is 0. The quantitative estimate of drug-likeness (QED) is 0.786. The minimum absolute atomic E-state index is 0.00891. The van der Waals surface area contributed by atoms with E-state index in [1.165, 1.54) is 0 Å². The average Bonchev–Trinajstić information content (AvgIpc) is 2.40. The Kier molecular flexibility index (Phi) is 6.40. The van der Waals surface area contributed by atoms with Crippen molar-refractivity contribution in [2.75, 3.05) is 25.1 Å². The van der Waals surface area contributed by atoms with Gasteiger partial charge in [0.25, 0.3) is 6.43 Å². The summed E-state index contributed by atoms with van der Waals surface area (Å²) in [5.41, 5.74) is 1.66. The predicted octanol–water partition coefficient (Wildman–Crippen LogP) is 2.27. The summed E-state index contributed by atoms with van der Waals surface area (Å²) in [6, 6.07) is 6.51. The van der Waals surface area contributed by atoms with E-state index in [4.69, 9.17) is 5.26 Å². The number of nitrogens with zero attached hydrogens (tertiary/aromatic N) is 1. The van der Waals surface area contributed by atoms with E-state index >= 15 is 0 Å². The van der Waals surface area contributed by atoms with Crippen LogP contribution in [0.5, 0.6) is 0 Å². The molecule has 0 aliphatic heterocycles. The Labute approximate surface area is 115 Å². The summed E-state index contributed by atoms with van der Waals surface area (Å²) in [6.45, 7) is 1.21. The van der Waals surface area contributed by atoms with E-state index in [9.17, 15) is 13.6 Å². The van der Waals surface area contributed by atoms with Gasteiger partial charge in [0.15, 0.2) is 0 Å². The molecule has 1 rings (SSSR count). The number of hydrogen-bond donors (Lipinski definition) is 2. The van der Waals surface area contributed by atoms with Gasteiger partial charge < -0.3 is 15.4 Å². The van der Waals surface area contributed by atoms with Crippen molar-refractivity contribution in [2.45, 2.75) is 13.3 Å². The smallest absolute Gasteiger partial charge is 0.319 e. The summed E-state index contributed by atoms with van der Waals surface area (Å²) in [5, 5.41) is 13.9. The Morgan fingerprint density at radius 3 is 2.90 bits per heavy atom. The van der Waals surface area contributed by atoms with Crippen molar-refractivity contribution in [3.63, 3.8) is 0 Å². The van der Waals surface area contributed by atoms with Gasteiger partial charge in [-0.3, -0.25) is 0 Å². The molecule has 108 valence electrons. The van der Waals surface area contributed by atoms with Gasteiger partial charge in [-0.2, -0.15) is 5.26 Å². The molecule has 0 fully saturated rings. The van der Waals surface area contributed by atoms with Crippen LogP contribution in [-0.4, -0.2) is 32.2 Å². The Hall–Kier alpha value is -2.20. The molecular weight excluding hydrogens is 268 g/mol. The second kappa shape index (κ2) is 8.07. The van der Waals surface area contributed by atoms with Gasteiger partial charge in [-0.15, -0.1) is 0 Å². The third-order valence-electron chi connectivity index (χ3n) is 2.48. The number of benzene rings is 1. The van der Waals surface area contributed by atoms with Crippen molar-refractivity contribution in [1.82, 2.24) is 5.32 Å². The van der Waals surface area contributed by atoms with Gasteiger partial charge in [0.1, 0.15) is 6.61 Å². The van der Waals surface area contributed by atoms with Crippen molar-refractivity contribution in [2.24, 2.45) is 0 Å². The van der Waals surface area contributed by atoms with Crippen LogP contribution >= 0.6 is 0 Å². The lowest BCUT2D eigenvalue weighted by molar-refractivity contribution is 0.0194. The molecule has 2 amide bonds. The number of nitriles is 1. The molecule has 0 heterocycles. The molecule has 0 saturated heterocycles. The van der Waals surface area contributed by atoms with Gasteiger partial charge in [0.2, 0.25) is 0 Å². The van der Waals surface area contributed by atoms with Crippen LogP contribution < -0.4 is 10.6 Å². The van der Waals surface area contributed by atoms with E-state index in [2.05, 4.69) is 15.4 Å². The van der Waals surface area contributed by atoms with Gasteiger partial charge in [-0.05, 0) is 24.6 Å². The van der Waals surface area contributed by atoms with Crippen LogP contribution in [0, 0.1) is 18.3 Å². The number of halogens is 2. The van der Waals surface area contributed by atoms with E-state index < -0.39 is 19.1 Å². The fourth-order valence-electron chi connectivity index (χ4n) is 1.47. The highest BCUT2D eigenvalue weighted by Gasteiger charge is 2.07. The normalized spacial score (nSPS) is 10.2. The number of amides is 2. The summed E-state index contributed by atoms with van der Waals surface area (Å²) in [7, 11) is 0. The topological polar surface area (TPSA) is 74.2 Å². The molecular formula is C13H15F2N3O2. The molecule has 0 aromatic heterocycles. The van der Waals surface area contributed by atoms with Crippen molar-refractivity contribution >= 4 is 11.7 Å². The number of alkyl halides is 2. The van der Waals surface area contributed by atoms with Crippen molar-refractivity contribution in [3.8, 4) is 6.07 Å². The predicted molar refractivity (Wildman–Crippen MR) is 69.7 cm³/mol. The Bertz CT molecular complexity index is 501. The Morgan fingerprint density at radius 2 is 2.25 bits per heavy atom. The van der Waals surface area contributed by atoms with Crippen LogP contribution in [0.25, 0.3) is 0 Å². The summed E-state index contributed by atoms with van der Waals surface area (Å²) in [6.07, 6.45) is -2.51. The summed E-state index contributed by atoms with van der Waals surface area (Å²) in [5.74, 6) is 0. The van der Waals surface area contributed by atoms with Crippen LogP contribution in [-0.2, 0) is 4.74 Å². The molecule has 7 heteroatoms. The molecule has 20 heavy (non-hydrogen) atoms. The highest BCUT2D eigenvalue weighted by Crippen LogP contribution is 2.17. The number of anilines is 1. The molecule has 0 aliphatic carbocycles. The van der Waals surface area contributed by atoms with E-state index in [1.54, 1.807) is 25.1 Å². The highest BCUT2D eigenvalue weighted by molar-refractivity contribution is 5.90. The van der Waals surface area contributed by atoms with Crippen molar-refractivity contribution < 1.29 is 18.3 Å². The van der Waals surface area contributed by atoms with Crippen molar-refractivity contribution in [3.05, 3.63) is 29.3 Å². The van der Waals surface area contributed by atoms with Gasteiger partial charge in [-0.25, -0.2) is 13.6 Å². The maximum absolute atomic E-state index is 11.8. The Morgan fingerprint density at radius 1 is 1.50 bits per heavy atom. The first kappa shape index (κ1) is 15.9. The van der Waals surface area contributed by atoms with E-state index in [0.717, 1.165) is 0 Å². The second-order valence-corrected chi connectivity index (χ2v) is 3.94. The summed E-state index contributed by atoms with van der Waals surface area (Å²) < 4.78 is 28.2. The molecule has 0 aliphatic rings. The highest BCUT2D eigenvalue weighted by atomic mass is 19.3. The zero-order valence-corrected chi connectivity index (χ0v) is 11.0. The molecule has 0 bridgehead atoms. The van der Waals surface area contributed by atoms with E-state index in [0.29, 0.717) is 16.8 Å². The zero-order valence-electron chi connectivity index (χ0n) is 11.0. The van der Waals surface area contributed by atoms with Gasteiger partial charge in [0.05, 0.1) is 18.2 Å². The second-order valence-electron chi connectivity index (χ2n) is 3.94. The fraction of sp³-hybridized carbons (Fsp3) is 0.385. The van der Waals surface area contributed by atoms with Gasteiger partial charge in [-0.1, -0.05) is 6.07 Å². The lowest BCUT2D eigenvalue weighted by Gasteiger charge is -2.10. The molecule has 5 nitrogen and oxygen atoms in total. The maximum atomic E-state index is 11.8. The minimum Gasteiger partial charge on any atom is -0.374 e. The van der Waals surface area contributed by atoms with E-state index in [1.807, 2.05) is 6.07 Å². The Balaban J connectivity index is 2.38. The molecule has 0 spiro atoms. The average molecular weight is 283 g/mol. The molecule has 1 aromatic carbocycles.